The lowest BCUT2D eigenvalue weighted by Crippen LogP contribution is -2.11. The molecule has 2 rings (SSSR count). The fraction of sp³-hybridized carbons (Fsp3) is 0.231. The van der Waals surface area contributed by atoms with E-state index in [0.29, 0.717) is 11.0 Å². The smallest absolute Gasteiger partial charge is 0.137 e. The number of rotatable bonds is 4. The number of benzene rings is 1. The van der Waals surface area contributed by atoms with Crippen molar-refractivity contribution in [3.8, 4) is 0 Å². The molecule has 4 heteroatoms. The van der Waals surface area contributed by atoms with Gasteiger partial charge in [-0.1, -0.05) is 12.1 Å². The first-order valence-corrected chi connectivity index (χ1v) is 6.23. The first-order chi connectivity index (χ1) is 8.22. The van der Waals surface area contributed by atoms with Crippen LogP contribution in [0.1, 0.15) is 11.3 Å². The predicted molar refractivity (Wildman–Crippen MR) is 70.4 cm³/mol. The minimum absolute atomic E-state index is 0.218. The van der Waals surface area contributed by atoms with Crippen LogP contribution in [0.5, 0.6) is 0 Å². The number of nitrogens with one attached hydrogen (secondary N) is 1. The molecule has 0 fully saturated rings. The summed E-state index contributed by atoms with van der Waals surface area (Å²) < 4.78 is 16.0. The van der Waals surface area contributed by atoms with Gasteiger partial charge in [-0.25, -0.2) is 4.39 Å². The standard InChI is InChI=1S/C13H14BrFN2/c1-16-8-11-5-3-7-17(11)9-10-4-2-6-12(15)13(10)14/h2-7,16H,8-9H2,1H3. The third kappa shape index (κ3) is 2.76. The van der Waals surface area contributed by atoms with Gasteiger partial charge >= 0.3 is 0 Å². The van der Waals surface area contributed by atoms with Crippen molar-refractivity contribution in [3.05, 3.63) is 58.1 Å². The van der Waals surface area contributed by atoms with E-state index in [2.05, 4.69) is 31.9 Å². The van der Waals surface area contributed by atoms with Crippen molar-refractivity contribution >= 4 is 15.9 Å². The van der Waals surface area contributed by atoms with Gasteiger partial charge in [0.1, 0.15) is 5.82 Å². The maximum absolute atomic E-state index is 13.4. The number of aromatic nitrogens is 1. The highest BCUT2D eigenvalue weighted by Crippen LogP contribution is 2.21. The molecule has 2 nitrogen and oxygen atoms in total. The zero-order valence-electron chi connectivity index (χ0n) is 9.58. The van der Waals surface area contributed by atoms with E-state index in [-0.39, 0.29) is 5.82 Å². The molecular formula is C13H14BrFN2. The molecule has 1 aromatic carbocycles. The van der Waals surface area contributed by atoms with Crippen LogP contribution in [-0.4, -0.2) is 11.6 Å². The van der Waals surface area contributed by atoms with Gasteiger partial charge in [-0.15, -0.1) is 0 Å². The van der Waals surface area contributed by atoms with Gasteiger partial charge in [0.05, 0.1) is 4.47 Å². The Balaban J connectivity index is 2.25. The van der Waals surface area contributed by atoms with Crippen molar-refractivity contribution in [2.75, 3.05) is 7.05 Å². The molecule has 1 aromatic heterocycles. The second-order valence-electron chi connectivity index (χ2n) is 3.87. The van der Waals surface area contributed by atoms with Gasteiger partial charge in [0.15, 0.2) is 0 Å². The Bertz CT molecular complexity index is 508. The quantitative estimate of drug-likeness (QED) is 0.917. The first kappa shape index (κ1) is 12.3. The molecule has 1 heterocycles. The summed E-state index contributed by atoms with van der Waals surface area (Å²) in [5.74, 6) is -0.218. The van der Waals surface area contributed by atoms with E-state index in [9.17, 15) is 4.39 Å². The largest absolute Gasteiger partial charge is 0.346 e. The van der Waals surface area contributed by atoms with Gasteiger partial charge in [-0.2, -0.15) is 0 Å². The number of nitrogens with zero attached hydrogens (tertiary/aromatic N) is 1. The Morgan fingerprint density at radius 3 is 2.88 bits per heavy atom. The molecule has 0 spiro atoms. The maximum Gasteiger partial charge on any atom is 0.137 e. The summed E-state index contributed by atoms with van der Waals surface area (Å²) in [4.78, 5) is 0. The lowest BCUT2D eigenvalue weighted by atomic mass is 10.2. The normalized spacial score (nSPS) is 10.8. The Labute approximate surface area is 109 Å². The second-order valence-corrected chi connectivity index (χ2v) is 4.66. The predicted octanol–water partition coefficient (Wildman–Crippen LogP) is 3.16. The zero-order chi connectivity index (χ0) is 12.3. The fourth-order valence-electron chi connectivity index (χ4n) is 1.80. The maximum atomic E-state index is 13.4. The monoisotopic (exact) mass is 296 g/mol. The first-order valence-electron chi connectivity index (χ1n) is 5.44. The van der Waals surface area contributed by atoms with Crippen molar-refractivity contribution in [1.29, 1.82) is 0 Å². The third-order valence-electron chi connectivity index (χ3n) is 2.65. The van der Waals surface area contributed by atoms with Gasteiger partial charge in [0.25, 0.3) is 0 Å². The third-order valence-corrected chi connectivity index (χ3v) is 3.54. The van der Waals surface area contributed by atoms with Crippen LogP contribution in [0, 0.1) is 5.82 Å². The van der Waals surface area contributed by atoms with E-state index in [4.69, 9.17) is 0 Å². The van der Waals surface area contributed by atoms with Crippen LogP contribution < -0.4 is 5.32 Å². The molecule has 0 unspecified atom stereocenters. The highest BCUT2D eigenvalue weighted by atomic mass is 79.9. The van der Waals surface area contributed by atoms with Gasteiger partial charge in [-0.3, -0.25) is 0 Å². The summed E-state index contributed by atoms with van der Waals surface area (Å²) in [5, 5.41) is 3.12. The zero-order valence-corrected chi connectivity index (χ0v) is 11.2. The SMILES string of the molecule is CNCc1cccn1Cc1cccc(F)c1Br. The van der Waals surface area contributed by atoms with Crippen molar-refractivity contribution in [3.63, 3.8) is 0 Å². The molecule has 0 amide bonds. The van der Waals surface area contributed by atoms with E-state index >= 15 is 0 Å². The minimum Gasteiger partial charge on any atom is -0.346 e. The van der Waals surface area contributed by atoms with Crippen LogP contribution in [-0.2, 0) is 13.1 Å². The Kier molecular flexibility index (Phi) is 3.97. The molecule has 0 saturated heterocycles. The van der Waals surface area contributed by atoms with Crippen LogP contribution in [0.15, 0.2) is 41.0 Å². The molecule has 0 bridgehead atoms. The summed E-state index contributed by atoms with van der Waals surface area (Å²) in [6, 6.07) is 9.17. The summed E-state index contributed by atoms with van der Waals surface area (Å²) >= 11 is 3.29. The molecule has 0 aliphatic rings. The average molecular weight is 297 g/mol. The van der Waals surface area contributed by atoms with Gasteiger partial charge < -0.3 is 9.88 Å². The fourth-order valence-corrected chi connectivity index (χ4v) is 2.19. The summed E-state index contributed by atoms with van der Waals surface area (Å²) in [5.41, 5.74) is 2.13. The highest BCUT2D eigenvalue weighted by Gasteiger charge is 2.07. The summed E-state index contributed by atoms with van der Waals surface area (Å²) in [6.45, 7) is 1.47. The van der Waals surface area contributed by atoms with Gasteiger partial charge in [0, 0.05) is 25.0 Å². The van der Waals surface area contributed by atoms with Crippen LogP contribution in [0.4, 0.5) is 4.39 Å². The Hall–Kier alpha value is -1.13. The molecule has 0 radical (unpaired) electrons. The Morgan fingerprint density at radius 1 is 1.29 bits per heavy atom. The topological polar surface area (TPSA) is 17.0 Å². The van der Waals surface area contributed by atoms with Crippen molar-refractivity contribution in [1.82, 2.24) is 9.88 Å². The van der Waals surface area contributed by atoms with Crippen LogP contribution in [0.25, 0.3) is 0 Å². The number of hydrogen-bond donors (Lipinski definition) is 1. The Morgan fingerprint density at radius 2 is 2.12 bits per heavy atom. The second kappa shape index (κ2) is 5.47. The molecule has 1 N–H and O–H groups in total. The molecule has 0 aliphatic carbocycles. The number of hydrogen-bond acceptors (Lipinski definition) is 1. The van der Waals surface area contributed by atoms with E-state index in [1.807, 2.05) is 25.4 Å². The van der Waals surface area contributed by atoms with Gasteiger partial charge in [0.2, 0.25) is 0 Å². The van der Waals surface area contributed by atoms with Crippen LogP contribution in [0.2, 0.25) is 0 Å². The van der Waals surface area contributed by atoms with Crippen LogP contribution in [0.3, 0.4) is 0 Å². The molecule has 2 aromatic rings. The van der Waals surface area contributed by atoms with E-state index < -0.39 is 0 Å². The average Bonchev–Trinajstić information content (AvgIpc) is 2.73. The van der Waals surface area contributed by atoms with Gasteiger partial charge in [-0.05, 0) is 46.7 Å². The molecule has 0 saturated carbocycles. The highest BCUT2D eigenvalue weighted by molar-refractivity contribution is 9.10. The summed E-state index contributed by atoms with van der Waals surface area (Å²) in [6.07, 6.45) is 2.00. The van der Waals surface area contributed by atoms with E-state index in [1.54, 1.807) is 6.07 Å². The molecule has 0 aliphatic heterocycles. The minimum atomic E-state index is -0.218. The lowest BCUT2D eigenvalue weighted by Gasteiger charge is -2.10. The van der Waals surface area contributed by atoms with Crippen LogP contribution >= 0.6 is 15.9 Å². The number of halogens is 2. The van der Waals surface area contributed by atoms with Crippen molar-refractivity contribution in [2.24, 2.45) is 0 Å². The molecule has 0 atom stereocenters. The molecule has 17 heavy (non-hydrogen) atoms. The lowest BCUT2D eigenvalue weighted by molar-refractivity contribution is 0.614. The van der Waals surface area contributed by atoms with Crippen molar-refractivity contribution in [2.45, 2.75) is 13.1 Å². The molecule has 90 valence electrons. The summed E-state index contributed by atoms with van der Waals surface area (Å²) in [7, 11) is 1.91. The van der Waals surface area contributed by atoms with Crippen molar-refractivity contribution < 1.29 is 4.39 Å². The molecular weight excluding hydrogens is 283 g/mol. The van der Waals surface area contributed by atoms with E-state index in [0.717, 1.165) is 12.1 Å². The van der Waals surface area contributed by atoms with E-state index in [1.165, 1.54) is 11.8 Å².